The van der Waals surface area contributed by atoms with Crippen molar-refractivity contribution in [2.75, 3.05) is 26.2 Å². The number of ether oxygens (including phenoxy) is 2. The summed E-state index contributed by atoms with van der Waals surface area (Å²) < 4.78 is 13.9. The molecule has 4 fully saturated rings. The Hall–Kier alpha value is -3.24. The SMILES string of the molecule is Oc1ccc2c3c1O[C@H]1c4[nH]c5c(c4C[C@@]4(O)[C@@H](C2)N(CC2CC2)CC[C@]314)C[C@]1(O)[C@H]2Cc3ccc(O)c4c3[C@@]1(CCN2CC1CC1)[C@@H]5O4. The first-order chi connectivity index (χ1) is 23.7. The van der Waals surface area contributed by atoms with Gasteiger partial charge in [-0.1, -0.05) is 12.1 Å². The van der Waals surface area contributed by atoms with E-state index in [-0.39, 0.29) is 23.6 Å². The molecule has 2 saturated heterocycles. The third kappa shape index (κ3) is 2.87. The lowest BCUT2D eigenvalue weighted by atomic mass is 9.47. The Morgan fingerprint density at radius 3 is 1.55 bits per heavy atom. The quantitative estimate of drug-likeness (QED) is 0.286. The van der Waals surface area contributed by atoms with Crippen LogP contribution >= 0.6 is 0 Å². The first-order valence-corrected chi connectivity index (χ1v) is 19.0. The summed E-state index contributed by atoms with van der Waals surface area (Å²) in [5, 5.41) is 49.4. The van der Waals surface area contributed by atoms with Crippen LogP contribution in [-0.4, -0.2) is 84.7 Å². The number of hydrogen-bond acceptors (Lipinski definition) is 8. The van der Waals surface area contributed by atoms with Crippen molar-refractivity contribution in [3.8, 4) is 23.0 Å². The molecule has 0 radical (unpaired) electrons. The van der Waals surface area contributed by atoms with Gasteiger partial charge in [0.25, 0.3) is 0 Å². The summed E-state index contributed by atoms with van der Waals surface area (Å²) in [5.41, 5.74) is 4.93. The molecule has 0 unspecified atom stereocenters. The van der Waals surface area contributed by atoms with Gasteiger partial charge in [0.2, 0.25) is 0 Å². The highest BCUT2D eigenvalue weighted by Gasteiger charge is 2.76. The van der Waals surface area contributed by atoms with E-state index in [1.807, 2.05) is 0 Å². The highest BCUT2D eigenvalue weighted by molar-refractivity contribution is 5.68. The number of aromatic nitrogens is 1. The van der Waals surface area contributed by atoms with Crippen LogP contribution in [-0.2, 0) is 36.5 Å². The third-order valence-corrected chi connectivity index (χ3v) is 15.7. The van der Waals surface area contributed by atoms with E-state index in [0.717, 1.165) is 85.5 Å². The minimum atomic E-state index is -1.09. The van der Waals surface area contributed by atoms with Crippen molar-refractivity contribution < 1.29 is 29.9 Å². The number of aliphatic hydroxyl groups is 2. The maximum atomic E-state index is 13.5. The Morgan fingerprint density at radius 2 is 1.12 bits per heavy atom. The number of benzene rings is 2. The summed E-state index contributed by atoms with van der Waals surface area (Å²) in [6.07, 6.45) is 8.06. The second-order valence-electron chi connectivity index (χ2n) is 17.8. The van der Waals surface area contributed by atoms with Crippen molar-refractivity contribution in [2.45, 2.75) is 111 Å². The first kappa shape index (κ1) is 27.5. The van der Waals surface area contributed by atoms with E-state index in [9.17, 15) is 20.4 Å². The number of nitrogens with one attached hydrogen (secondary N) is 1. The lowest BCUT2D eigenvalue weighted by Gasteiger charge is -2.63. The van der Waals surface area contributed by atoms with Gasteiger partial charge in [0.1, 0.15) is 0 Å². The van der Waals surface area contributed by atoms with Crippen LogP contribution in [0.2, 0.25) is 0 Å². The van der Waals surface area contributed by atoms with Crippen LogP contribution in [0.3, 0.4) is 0 Å². The molecule has 2 aromatic carbocycles. The predicted molar refractivity (Wildman–Crippen MR) is 177 cm³/mol. The fourth-order valence-corrected chi connectivity index (χ4v) is 13.4. The van der Waals surface area contributed by atoms with Gasteiger partial charge in [0.15, 0.2) is 35.2 Å². The molecule has 5 heterocycles. The van der Waals surface area contributed by atoms with Crippen LogP contribution in [0.4, 0.5) is 0 Å². The van der Waals surface area contributed by atoms with Gasteiger partial charge in [0.05, 0.1) is 33.4 Å². The molecule has 9 heteroatoms. The van der Waals surface area contributed by atoms with Crippen LogP contribution in [0.15, 0.2) is 24.3 Å². The number of nitrogens with zero attached hydrogens (tertiary/aromatic N) is 2. The van der Waals surface area contributed by atoms with Crippen molar-refractivity contribution in [1.29, 1.82) is 0 Å². The highest BCUT2D eigenvalue weighted by atomic mass is 16.5. The summed E-state index contributed by atoms with van der Waals surface area (Å²) in [6.45, 7) is 3.84. The number of likely N-dealkylation sites (tertiary alicyclic amines) is 2. The average molecular weight is 662 g/mol. The minimum Gasteiger partial charge on any atom is -0.504 e. The molecule has 10 aliphatic rings. The molecular weight excluding hydrogens is 618 g/mol. The molecule has 9 nitrogen and oxygen atoms in total. The lowest BCUT2D eigenvalue weighted by molar-refractivity contribution is -0.176. The second-order valence-corrected chi connectivity index (χ2v) is 17.8. The number of aromatic amines is 1. The van der Waals surface area contributed by atoms with Gasteiger partial charge in [-0.25, -0.2) is 0 Å². The molecule has 254 valence electrons. The number of fused-ring (bicyclic) bond motifs is 5. The summed E-state index contributed by atoms with van der Waals surface area (Å²) in [7, 11) is 0. The number of hydrogen-bond donors (Lipinski definition) is 5. The standard InChI is InChI=1S/C40H43N3O6/c44-25-7-5-21-13-27-39(46)15-23-24-16-40(47)28-14-22-6-8-26(45)34-30(22)38(40,10-12-43(28)18-20-3-4-20)36(49-34)32(24)41-31(23)35-37(39,29(21)33(25)48-35)9-11-42(27)17-19-1-2-19/h5-8,19-20,27-28,35-36,41,44-47H,1-4,9-18H2/t27-,28-,35-,36+,37+,38+,39+,40-/m1/s1. The minimum absolute atomic E-state index is 0.0535. The number of rotatable bonds is 4. The van der Waals surface area contributed by atoms with Gasteiger partial charge in [0, 0.05) is 49.1 Å². The molecule has 2 spiro atoms. The molecule has 8 atom stereocenters. The molecule has 3 aromatic rings. The first-order valence-electron chi connectivity index (χ1n) is 19.0. The number of piperidine rings is 2. The van der Waals surface area contributed by atoms with Crippen LogP contribution in [0.5, 0.6) is 23.0 Å². The zero-order valence-corrected chi connectivity index (χ0v) is 27.7. The van der Waals surface area contributed by atoms with Crippen molar-refractivity contribution in [1.82, 2.24) is 14.8 Å². The van der Waals surface area contributed by atoms with Gasteiger partial charge in [-0.05, 0) is 111 Å². The number of phenolic OH excluding ortho intramolecular Hbond substituents is 2. The van der Waals surface area contributed by atoms with Crippen molar-refractivity contribution in [3.63, 3.8) is 0 Å². The summed E-state index contributed by atoms with van der Waals surface area (Å²) in [4.78, 5) is 9.05. The molecule has 5 N–H and O–H groups in total. The molecule has 4 bridgehead atoms. The molecule has 6 aliphatic carbocycles. The van der Waals surface area contributed by atoms with Crippen LogP contribution in [0.1, 0.15) is 95.5 Å². The molecule has 4 aliphatic heterocycles. The highest BCUT2D eigenvalue weighted by Crippen LogP contribution is 2.72. The van der Waals surface area contributed by atoms with E-state index in [2.05, 4.69) is 26.9 Å². The maximum Gasteiger partial charge on any atom is 0.166 e. The second kappa shape index (κ2) is 8.28. The molecule has 49 heavy (non-hydrogen) atoms. The van der Waals surface area contributed by atoms with Gasteiger partial charge in [-0.3, -0.25) is 9.80 Å². The zero-order chi connectivity index (χ0) is 32.4. The Morgan fingerprint density at radius 1 is 0.673 bits per heavy atom. The smallest absolute Gasteiger partial charge is 0.166 e. The third-order valence-electron chi connectivity index (χ3n) is 15.7. The molecular formula is C40H43N3O6. The summed E-state index contributed by atoms with van der Waals surface area (Å²) in [6, 6.07) is 7.56. The predicted octanol–water partition coefficient (Wildman–Crippen LogP) is 3.82. The Labute approximate surface area is 284 Å². The number of H-pyrrole nitrogens is 1. The number of phenols is 2. The van der Waals surface area contributed by atoms with Crippen molar-refractivity contribution >= 4 is 0 Å². The van der Waals surface area contributed by atoms with Crippen LogP contribution < -0.4 is 9.47 Å². The molecule has 2 saturated carbocycles. The summed E-state index contributed by atoms with van der Waals surface area (Å²) >= 11 is 0. The van der Waals surface area contributed by atoms with Crippen molar-refractivity contribution in [2.24, 2.45) is 11.8 Å². The van der Waals surface area contributed by atoms with Gasteiger partial charge in [-0.2, -0.15) is 0 Å². The van der Waals surface area contributed by atoms with Gasteiger partial charge >= 0.3 is 0 Å². The van der Waals surface area contributed by atoms with E-state index >= 15 is 0 Å². The monoisotopic (exact) mass is 661 g/mol. The maximum absolute atomic E-state index is 13.5. The Balaban J connectivity index is 1.03. The fourth-order valence-electron chi connectivity index (χ4n) is 13.4. The van der Waals surface area contributed by atoms with Crippen LogP contribution in [0.25, 0.3) is 0 Å². The molecule has 0 amide bonds. The van der Waals surface area contributed by atoms with Gasteiger partial charge < -0.3 is 34.9 Å². The fraction of sp³-hybridized carbons (Fsp3) is 0.600. The normalized spacial score (nSPS) is 41.3. The van der Waals surface area contributed by atoms with E-state index in [4.69, 9.17) is 9.47 Å². The average Bonchev–Trinajstić information content (AvgIpc) is 3.98. The van der Waals surface area contributed by atoms with E-state index in [1.54, 1.807) is 12.1 Å². The Bertz CT molecular complexity index is 1910. The number of aromatic hydroxyl groups is 2. The Kier molecular flexibility index (Phi) is 4.64. The molecule has 1 aromatic heterocycles. The summed E-state index contributed by atoms with van der Waals surface area (Å²) in [5.74, 6) is 2.77. The van der Waals surface area contributed by atoms with Crippen LogP contribution in [0, 0.1) is 11.8 Å². The molecule has 13 rings (SSSR count). The van der Waals surface area contributed by atoms with E-state index < -0.39 is 34.2 Å². The topological polar surface area (TPSA) is 122 Å². The van der Waals surface area contributed by atoms with E-state index in [1.165, 1.54) is 36.8 Å². The largest absolute Gasteiger partial charge is 0.504 e. The van der Waals surface area contributed by atoms with Crippen molar-refractivity contribution in [3.05, 3.63) is 69.0 Å². The van der Waals surface area contributed by atoms with Gasteiger partial charge in [-0.15, -0.1) is 0 Å². The lowest BCUT2D eigenvalue weighted by Crippen LogP contribution is -2.75. The van der Waals surface area contributed by atoms with E-state index in [0.29, 0.717) is 36.2 Å². The zero-order valence-electron chi connectivity index (χ0n) is 27.7.